The molecular weight excluding hydrogens is 388 g/mol. The number of aromatic nitrogens is 3. The molecule has 0 aliphatic carbocycles. The van der Waals surface area contributed by atoms with Crippen molar-refractivity contribution in [2.24, 2.45) is 7.05 Å². The minimum Gasteiger partial charge on any atom is -0.383 e. The molecule has 2 aromatic rings. The number of alkyl halides is 1. The Balaban J connectivity index is 2.08. The Morgan fingerprint density at radius 3 is 2.96 bits per heavy atom. The highest BCUT2D eigenvalue weighted by atomic mass is 32.2. The Morgan fingerprint density at radius 1 is 1.57 bits per heavy atom. The number of hydrogen-bond acceptors (Lipinski definition) is 6. The molecule has 0 fully saturated rings. The minimum atomic E-state index is -0.388. The number of aromatic amines is 1. The fourth-order valence-corrected chi connectivity index (χ4v) is 3.07. The van der Waals surface area contributed by atoms with Gasteiger partial charge in [-0.25, -0.2) is 0 Å². The Bertz CT molecular complexity index is 847. The number of allylic oxidation sites excluding steroid dienone is 1. The second-order valence-corrected chi connectivity index (χ2v) is 6.87. The summed E-state index contributed by atoms with van der Waals surface area (Å²) in [4.78, 5) is 19.5. The number of aryl methyl sites for hydroxylation is 1. The van der Waals surface area contributed by atoms with Gasteiger partial charge >= 0.3 is 0 Å². The molecule has 0 amide bonds. The molecule has 0 spiro atoms. The summed E-state index contributed by atoms with van der Waals surface area (Å²) in [5.74, 6) is 0.646. The van der Waals surface area contributed by atoms with Gasteiger partial charge in [0.05, 0.1) is 30.7 Å². The standard InChI is InChI=1S/C18H23F2N5O2S/c1-3-15-12(5-6-13(27-20)10-23-28-8-4-7-19)9-16(24-15)17(26)14-11-22-25(2)18(14)21/h3,6,9,11,23-24H,1,4-5,7-8,10,21H2,2H3/b13-6+. The van der Waals surface area contributed by atoms with Crippen molar-refractivity contribution in [1.82, 2.24) is 19.5 Å². The number of H-pyrrole nitrogens is 1. The highest BCUT2D eigenvalue weighted by Crippen LogP contribution is 2.20. The summed E-state index contributed by atoms with van der Waals surface area (Å²) in [6.45, 7) is 3.49. The summed E-state index contributed by atoms with van der Waals surface area (Å²) in [6.07, 6.45) is 5.30. The van der Waals surface area contributed by atoms with Crippen LogP contribution in [0.15, 0.2) is 30.7 Å². The molecule has 0 saturated heterocycles. The molecule has 7 nitrogen and oxygen atoms in total. The number of anilines is 1. The van der Waals surface area contributed by atoms with E-state index in [9.17, 15) is 13.7 Å². The lowest BCUT2D eigenvalue weighted by atomic mass is 10.1. The third kappa shape index (κ3) is 5.46. The molecule has 2 heterocycles. The first kappa shape index (κ1) is 21.7. The molecule has 10 heteroatoms. The number of nitrogens with two attached hydrogens (primary N) is 1. The van der Waals surface area contributed by atoms with E-state index in [0.29, 0.717) is 35.5 Å². The first-order valence-electron chi connectivity index (χ1n) is 8.56. The van der Waals surface area contributed by atoms with Gasteiger partial charge in [-0.15, -0.1) is 0 Å². The van der Waals surface area contributed by atoms with E-state index in [1.165, 1.54) is 22.8 Å². The molecule has 4 N–H and O–H groups in total. The average molecular weight is 411 g/mol. The van der Waals surface area contributed by atoms with E-state index in [2.05, 4.69) is 26.3 Å². The van der Waals surface area contributed by atoms with Crippen LogP contribution in [0.1, 0.15) is 33.7 Å². The zero-order valence-electron chi connectivity index (χ0n) is 15.5. The number of nitrogen functional groups attached to an aromatic ring is 1. The van der Waals surface area contributed by atoms with Crippen LogP contribution >= 0.6 is 11.9 Å². The number of halogens is 2. The van der Waals surface area contributed by atoms with Gasteiger partial charge in [-0.1, -0.05) is 18.5 Å². The van der Waals surface area contributed by atoms with Crippen LogP contribution in [0.25, 0.3) is 6.08 Å². The van der Waals surface area contributed by atoms with Gasteiger partial charge in [0.15, 0.2) is 5.76 Å². The Morgan fingerprint density at radius 2 is 2.36 bits per heavy atom. The number of carbonyl (C=O) groups is 1. The first-order chi connectivity index (χ1) is 13.5. The molecule has 0 unspecified atom stereocenters. The van der Waals surface area contributed by atoms with Crippen LogP contribution in [0.2, 0.25) is 0 Å². The second-order valence-electron chi connectivity index (χ2n) is 5.89. The van der Waals surface area contributed by atoms with Crippen molar-refractivity contribution >= 4 is 29.6 Å². The maximum absolute atomic E-state index is 12.7. The van der Waals surface area contributed by atoms with Crippen molar-refractivity contribution in [3.8, 4) is 0 Å². The van der Waals surface area contributed by atoms with Crippen molar-refractivity contribution in [2.75, 3.05) is 24.7 Å². The van der Waals surface area contributed by atoms with Crippen molar-refractivity contribution in [3.63, 3.8) is 0 Å². The van der Waals surface area contributed by atoms with Crippen LogP contribution in [-0.4, -0.2) is 39.5 Å². The van der Waals surface area contributed by atoms with E-state index >= 15 is 0 Å². The zero-order chi connectivity index (χ0) is 20.5. The van der Waals surface area contributed by atoms with E-state index in [4.69, 9.17) is 5.73 Å². The van der Waals surface area contributed by atoms with Crippen molar-refractivity contribution in [3.05, 3.63) is 53.2 Å². The summed E-state index contributed by atoms with van der Waals surface area (Å²) in [5, 5.41) is 3.97. The van der Waals surface area contributed by atoms with E-state index in [0.717, 1.165) is 5.56 Å². The van der Waals surface area contributed by atoms with E-state index < -0.39 is 0 Å². The van der Waals surface area contributed by atoms with Crippen LogP contribution in [-0.2, 0) is 18.4 Å². The van der Waals surface area contributed by atoms with Gasteiger partial charge in [0.25, 0.3) is 0 Å². The van der Waals surface area contributed by atoms with Gasteiger partial charge in [0.2, 0.25) is 5.78 Å². The molecule has 2 rings (SSSR count). The highest BCUT2D eigenvalue weighted by Gasteiger charge is 2.19. The molecular formula is C18H23F2N5O2S. The van der Waals surface area contributed by atoms with Crippen LogP contribution in [0.4, 0.5) is 14.7 Å². The molecule has 0 atom stereocenters. The molecule has 0 aromatic carbocycles. The Labute approximate surface area is 166 Å². The van der Waals surface area contributed by atoms with Gasteiger partial charge in [-0.05, 0) is 36.6 Å². The number of rotatable bonds is 12. The molecule has 0 radical (unpaired) electrons. The SMILES string of the molecule is C=Cc1[nH]c(C(=O)c2cnn(C)c2N)cc1C/C=C(\CNSCCCF)OF. The van der Waals surface area contributed by atoms with Crippen molar-refractivity contribution in [2.45, 2.75) is 12.8 Å². The number of nitrogens with one attached hydrogen (secondary N) is 2. The minimum absolute atomic E-state index is 0.0911. The summed E-state index contributed by atoms with van der Waals surface area (Å²) >= 11 is 1.30. The van der Waals surface area contributed by atoms with Gasteiger partial charge < -0.3 is 10.7 Å². The van der Waals surface area contributed by atoms with Crippen molar-refractivity contribution in [1.29, 1.82) is 0 Å². The van der Waals surface area contributed by atoms with Gasteiger partial charge in [-0.3, -0.25) is 23.5 Å². The van der Waals surface area contributed by atoms with Gasteiger partial charge in [0, 0.05) is 23.0 Å². The number of carbonyl (C=O) groups excluding carboxylic acids is 1. The molecule has 2 aromatic heterocycles. The monoisotopic (exact) mass is 411 g/mol. The maximum Gasteiger partial charge on any atom is 0.214 e. The summed E-state index contributed by atoms with van der Waals surface area (Å²) in [5.41, 5.74) is 7.88. The Kier molecular flexibility index (Phi) is 8.27. The molecule has 0 bridgehead atoms. The largest absolute Gasteiger partial charge is 0.383 e. The van der Waals surface area contributed by atoms with Gasteiger partial charge in [-0.2, -0.15) is 5.10 Å². The van der Waals surface area contributed by atoms with E-state index in [1.807, 2.05) is 0 Å². The molecule has 0 aliphatic heterocycles. The third-order valence-corrected chi connectivity index (χ3v) is 4.83. The van der Waals surface area contributed by atoms with E-state index in [1.54, 1.807) is 25.3 Å². The highest BCUT2D eigenvalue weighted by molar-refractivity contribution is 7.97. The molecule has 28 heavy (non-hydrogen) atoms. The van der Waals surface area contributed by atoms with Crippen LogP contribution in [0.3, 0.4) is 0 Å². The van der Waals surface area contributed by atoms with Crippen molar-refractivity contribution < 1.29 is 18.7 Å². The predicted octanol–water partition coefficient (Wildman–Crippen LogP) is 3.13. The first-order valence-corrected chi connectivity index (χ1v) is 9.55. The average Bonchev–Trinajstić information content (AvgIpc) is 3.27. The topological polar surface area (TPSA) is 98.0 Å². The normalized spacial score (nSPS) is 11.6. The fraction of sp³-hybridized carbons (Fsp3) is 0.333. The number of ketones is 1. The summed E-state index contributed by atoms with van der Waals surface area (Å²) in [7, 11) is 1.65. The lowest BCUT2D eigenvalue weighted by molar-refractivity contribution is -0.0845. The lowest BCUT2D eigenvalue weighted by Crippen LogP contribution is -2.10. The molecule has 0 saturated carbocycles. The van der Waals surface area contributed by atoms with E-state index in [-0.39, 0.29) is 30.6 Å². The molecule has 0 aliphatic rings. The fourth-order valence-electron chi connectivity index (χ4n) is 2.43. The quantitative estimate of drug-likeness (QED) is 0.215. The summed E-state index contributed by atoms with van der Waals surface area (Å²) < 4.78 is 29.1. The lowest BCUT2D eigenvalue weighted by Gasteiger charge is -2.04. The van der Waals surface area contributed by atoms with Crippen LogP contribution < -0.4 is 10.5 Å². The number of hydrogen-bond donors (Lipinski definition) is 3. The van der Waals surface area contributed by atoms with Gasteiger partial charge in [0.1, 0.15) is 5.82 Å². The summed E-state index contributed by atoms with van der Waals surface area (Å²) in [6, 6.07) is 1.67. The predicted molar refractivity (Wildman–Crippen MR) is 107 cm³/mol. The smallest absolute Gasteiger partial charge is 0.214 e. The molecule has 152 valence electrons. The maximum atomic E-state index is 12.7. The number of nitrogens with zero attached hydrogens (tertiary/aromatic N) is 2. The second kappa shape index (κ2) is 10.7. The van der Waals surface area contributed by atoms with Crippen LogP contribution in [0, 0.1) is 0 Å². The van der Waals surface area contributed by atoms with Crippen LogP contribution in [0.5, 0.6) is 0 Å². The third-order valence-electron chi connectivity index (χ3n) is 3.99. The Hall–Kier alpha value is -2.59. The zero-order valence-corrected chi connectivity index (χ0v) is 16.3.